The molecule has 0 N–H and O–H groups in total. The van der Waals surface area contributed by atoms with Gasteiger partial charge in [-0.3, -0.25) is 6.08 Å². The third kappa shape index (κ3) is 10.3. The van der Waals surface area contributed by atoms with E-state index in [4.69, 9.17) is 0 Å². The molecule has 1 atom stereocenters. The second-order valence-electron chi connectivity index (χ2n) is 18.4. The minimum absolute atomic E-state index is 0.177. The summed E-state index contributed by atoms with van der Waals surface area (Å²) in [5, 5.41) is 0. The molecular formula is C49H60Zr. The second kappa shape index (κ2) is 15.4. The van der Waals surface area contributed by atoms with Crippen LogP contribution in [0.2, 0.25) is 0 Å². The van der Waals surface area contributed by atoms with E-state index in [1.54, 1.807) is 0 Å². The molecule has 260 valence electrons. The summed E-state index contributed by atoms with van der Waals surface area (Å²) in [5.41, 5.74) is 16.0. The smallest absolute Gasteiger partial charge is 0.0733 e. The Labute approximate surface area is 320 Å². The molecule has 2 aliphatic rings. The normalized spacial score (nSPS) is 15.3. The van der Waals surface area contributed by atoms with Gasteiger partial charge in [0.15, 0.2) is 0 Å². The van der Waals surface area contributed by atoms with Gasteiger partial charge in [0.1, 0.15) is 0 Å². The fraction of sp³-hybridized carbons (Fsp3) is 0.408. The van der Waals surface area contributed by atoms with E-state index in [2.05, 4.69) is 194 Å². The van der Waals surface area contributed by atoms with Gasteiger partial charge in [-0.15, -0.1) is 12.5 Å². The average Bonchev–Trinajstić information content (AvgIpc) is 3.60. The minimum atomic E-state index is 0.177. The van der Waals surface area contributed by atoms with Crippen LogP contribution in [0.3, 0.4) is 0 Å². The molecule has 1 heteroatoms. The van der Waals surface area contributed by atoms with Crippen molar-refractivity contribution in [3.8, 4) is 11.1 Å². The van der Waals surface area contributed by atoms with Crippen LogP contribution in [0.15, 0.2) is 96.6 Å². The fourth-order valence-corrected chi connectivity index (χ4v) is 7.00. The number of hydrogen-bond donors (Lipinski definition) is 0. The SMILES string of the molecule is CC(C)(C)c1c[c-]c2c(c1)-c1cc(C(C)(C)C)ccc1C2.CC(C)(C)c1ccc([C](=[Zr+2])c2ccc(C(C)(C)C)cc2)cc1.CC1=CC(C)[C-]=C1. The standard InChI is InChI=1S/C21H25.C21H26.C7H9.Zr/c1-20(2,3)16-9-7-14-11-15-8-10-17(21(4,5)6)13-19(15)18(14)12-16;1-20(2,3)18-11-7-16(8-12-18)15-17-9-13-19(14-10-17)21(4,5)6;1-6-3-4-7(2)5-6;/h7,9-10,12-13H,11H2,1-6H3;7-14H,1-6H3;3,5,7H,1-2H3;/q-1;;-1;+2. The molecule has 4 aromatic carbocycles. The molecule has 0 aliphatic heterocycles. The van der Waals surface area contributed by atoms with Gasteiger partial charge in [-0.2, -0.15) is 35.4 Å². The summed E-state index contributed by atoms with van der Waals surface area (Å²) < 4.78 is 1.42. The van der Waals surface area contributed by atoms with Gasteiger partial charge in [0.2, 0.25) is 0 Å². The fourth-order valence-electron chi connectivity index (χ4n) is 6.18. The minimum Gasteiger partial charge on any atom is -0.270 e. The average molecular weight is 740 g/mol. The summed E-state index contributed by atoms with van der Waals surface area (Å²) in [5.74, 6) is 0.556. The van der Waals surface area contributed by atoms with Crippen molar-refractivity contribution in [2.45, 2.75) is 125 Å². The van der Waals surface area contributed by atoms with Crippen LogP contribution in [-0.2, 0) is 52.3 Å². The van der Waals surface area contributed by atoms with Crippen molar-refractivity contribution in [1.82, 2.24) is 0 Å². The molecule has 2 aliphatic carbocycles. The van der Waals surface area contributed by atoms with E-state index >= 15 is 0 Å². The first-order valence-corrected chi connectivity index (χ1v) is 19.5. The van der Waals surface area contributed by atoms with Crippen LogP contribution in [0.1, 0.15) is 141 Å². The van der Waals surface area contributed by atoms with Crippen molar-refractivity contribution < 1.29 is 24.2 Å². The second-order valence-corrected chi connectivity index (χ2v) is 19.6. The predicted octanol–water partition coefficient (Wildman–Crippen LogP) is 13.0. The Kier molecular flexibility index (Phi) is 12.3. The molecule has 6 rings (SSSR count). The zero-order chi connectivity index (χ0) is 37.2. The van der Waals surface area contributed by atoms with Gasteiger partial charge in [-0.1, -0.05) is 89.1 Å². The number of hydrogen-bond acceptors (Lipinski definition) is 0. The molecule has 0 aromatic heterocycles. The van der Waals surface area contributed by atoms with E-state index in [0.717, 1.165) is 6.42 Å². The zero-order valence-electron chi connectivity index (χ0n) is 33.4. The van der Waals surface area contributed by atoms with E-state index in [1.165, 1.54) is 88.6 Å². The monoisotopic (exact) mass is 738 g/mol. The Morgan fingerprint density at radius 2 is 1.04 bits per heavy atom. The molecule has 0 spiro atoms. The van der Waals surface area contributed by atoms with E-state index in [-0.39, 0.29) is 21.7 Å². The Morgan fingerprint density at radius 1 is 0.600 bits per heavy atom. The molecule has 0 fully saturated rings. The Morgan fingerprint density at radius 3 is 1.42 bits per heavy atom. The van der Waals surface area contributed by atoms with Crippen molar-refractivity contribution >= 4 is 3.21 Å². The Hall–Kier alpha value is -2.89. The molecule has 0 amide bonds. The maximum Gasteiger partial charge on any atom is -0.0733 e. The van der Waals surface area contributed by atoms with Crippen LogP contribution in [-0.4, -0.2) is 3.21 Å². The maximum atomic E-state index is 3.53. The zero-order valence-corrected chi connectivity index (χ0v) is 35.9. The van der Waals surface area contributed by atoms with Gasteiger partial charge in [-0.25, -0.2) is 11.6 Å². The topological polar surface area (TPSA) is 0 Å². The van der Waals surface area contributed by atoms with Crippen LogP contribution in [0.4, 0.5) is 0 Å². The maximum absolute atomic E-state index is 3.53. The van der Waals surface area contributed by atoms with Crippen molar-refractivity contribution in [2.24, 2.45) is 5.92 Å². The van der Waals surface area contributed by atoms with E-state index in [9.17, 15) is 0 Å². The van der Waals surface area contributed by atoms with Gasteiger partial charge in [0.25, 0.3) is 0 Å². The van der Waals surface area contributed by atoms with Crippen LogP contribution in [0.5, 0.6) is 0 Å². The van der Waals surface area contributed by atoms with E-state index in [1.807, 2.05) is 6.08 Å². The van der Waals surface area contributed by atoms with E-state index < -0.39 is 0 Å². The van der Waals surface area contributed by atoms with Gasteiger partial charge >= 0.3 is 151 Å². The third-order valence-electron chi connectivity index (χ3n) is 9.69. The summed E-state index contributed by atoms with van der Waals surface area (Å²) in [7, 11) is 0. The van der Waals surface area contributed by atoms with Gasteiger partial charge in [-0.05, 0) is 17.4 Å². The van der Waals surface area contributed by atoms with Crippen LogP contribution < -0.4 is 0 Å². The third-order valence-corrected chi connectivity index (χ3v) is 11.1. The molecule has 1 unspecified atom stereocenters. The molecule has 4 aromatic rings. The van der Waals surface area contributed by atoms with Gasteiger partial charge < -0.3 is 0 Å². The molecule has 0 heterocycles. The summed E-state index contributed by atoms with van der Waals surface area (Å²) in [6.45, 7) is 31.4. The van der Waals surface area contributed by atoms with Crippen LogP contribution in [0, 0.1) is 18.1 Å². The first-order valence-electron chi connectivity index (χ1n) is 18.3. The quantitative estimate of drug-likeness (QED) is 0.158. The molecule has 0 saturated heterocycles. The van der Waals surface area contributed by atoms with Crippen molar-refractivity contribution in [1.29, 1.82) is 0 Å². The first kappa shape index (κ1) is 39.9. The van der Waals surface area contributed by atoms with E-state index in [0.29, 0.717) is 5.92 Å². The predicted molar refractivity (Wildman–Crippen MR) is 215 cm³/mol. The van der Waals surface area contributed by atoms with Crippen molar-refractivity contribution in [3.63, 3.8) is 0 Å². The summed E-state index contributed by atoms with van der Waals surface area (Å²) in [6, 6.07) is 33.2. The Bertz CT molecular complexity index is 1730. The largest absolute Gasteiger partial charge is 0.270 e. The number of allylic oxidation sites excluding steroid dienone is 4. The van der Waals surface area contributed by atoms with Gasteiger partial charge in [0.05, 0.1) is 0 Å². The number of fused-ring (bicyclic) bond motifs is 3. The number of rotatable bonds is 2. The first-order chi connectivity index (χ1) is 23.0. The molecule has 0 nitrogen and oxygen atoms in total. The summed E-state index contributed by atoms with van der Waals surface area (Å²) in [4.78, 5) is 0. The Balaban J connectivity index is 0.000000188. The van der Waals surface area contributed by atoms with Crippen LogP contribution >= 0.6 is 0 Å². The molecule has 0 saturated carbocycles. The number of benzene rings is 4. The van der Waals surface area contributed by atoms with Gasteiger partial charge in [0, 0.05) is 0 Å². The molecular weight excluding hydrogens is 680 g/mol. The van der Waals surface area contributed by atoms with Crippen LogP contribution in [0.25, 0.3) is 11.1 Å². The molecule has 0 bridgehead atoms. The summed E-state index contributed by atoms with van der Waals surface area (Å²) in [6.07, 6.45) is 8.41. The van der Waals surface area contributed by atoms with Crippen molar-refractivity contribution in [2.75, 3.05) is 0 Å². The molecule has 50 heavy (non-hydrogen) atoms. The summed E-state index contributed by atoms with van der Waals surface area (Å²) >= 11 is 1.46. The van der Waals surface area contributed by atoms with Crippen molar-refractivity contribution in [3.05, 3.63) is 153 Å². The molecule has 0 radical (unpaired) electrons.